The van der Waals surface area contributed by atoms with E-state index < -0.39 is 18.0 Å². The highest BCUT2D eigenvalue weighted by atomic mass is 35.5. The quantitative estimate of drug-likeness (QED) is 0.507. The van der Waals surface area contributed by atoms with Crippen molar-refractivity contribution in [2.75, 3.05) is 5.32 Å². The summed E-state index contributed by atoms with van der Waals surface area (Å²) >= 11 is 7.15. The van der Waals surface area contributed by atoms with Crippen molar-refractivity contribution in [1.29, 1.82) is 0 Å². The molecule has 3 rings (SSSR count). The van der Waals surface area contributed by atoms with Crippen LogP contribution in [0.2, 0.25) is 5.15 Å². The van der Waals surface area contributed by atoms with Gasteiger partial charge in [0.25, 0.3) is 5.91 Å². The van der Waals surface area contributed by atoms with E-state index in [0.29, 0.717) is 16.3 Å². The number of esters is 1. The topological polar surface area (TPSA) is 81.2 Å². The molecule has 0 bridgehead atoms. The van der Waals surface area contributed by atoms with Crippen LogP contribution in [0.1, 0.15) is 22.3 Å². The van der Waals surface area contributed by atoms with E-state index in [2.05, 4.69) is 15.3 Å². The first-order valence-electron chi connectivity index (χ1n) is 8.11. The molecule has 0 saturated heterocycles. The van der Waals surface area contributed by atoms with Gasteiger partial charge in [-0.05, 0) is 26.0 Å². The van der Waals surface area contributed by atoms with Gasteiger partial charge < -0.3 is 10.1 Å². The van der Waals surface area contributed by atoms with Crippen molar-refractivity contribution in [1.82, 2.24) is 9.97 Å². The van der Waals surface area contributed by atoms with Gasteiger partial charge in [-0.25, -0.2) is 14.8 Å². The number of carbonyl (C=O) groups excluding carboxylic acids is 2. The molecular weight excluding hydrogens is 386 g/mol. The Balaban J connectivity index is 1.69. The smallest absolute Gasteiger partial charge is 0.351 e. The summed E-state index contributed by atoms with van der Waals surface area (Å²) < 4.78 is 5.30. The minimum Gasteiger partial charge on any atom is -0.448 e. The Kier molecular flexibility index (Phi) is 5.83. The number of hydrogen-bond donors (Lipinski definition) is 1. The molecule has 0 saturated carbocycles. The number of thiazole rings is 1. The number of nitrogens with zero attached hydrogens (tertiary/aromatic N) is 2. The Hall–Kier alpha value is -2.77. The van der Waals surface area contributed by atoms with E-state index in [4.69, 9.17) is 16.3 Å². The molecule has 138 valence electrons. The Labute approximate surface area is 165 Å². The number of halogens is 1. The number of carbonyl (C=O) groups is 2. The number of pyridine rings is 1. The molecule has 1 aromatic carbocycles. The van der Waals surface area contributed by atoms with Crippen molar-refractivity contribution in [3.63, 3.8) is 0 Å². The molecule has 0 unspecified atom stereocenters. The Morgan fingerprint density at radius 3 is 2.63 bits per heavy atom. The zero-order chi connectivity index (χ0) is 19.4. The van der Waals surface area contributed by atoms with E-state index in [-0.39, 0.29) is 5.15 Å². The summed E-state index contributed by atoms with van der Waals surface area (Å²) in [5.41, 5.74) is 1.83. The molecule has 8 heteroatoms. The third-order valence-corrected chi connectivity index (χ3v) is 5.16. The van der Waals surface area contributed by atoms with E-state index in [1.54, 1.807) is 19.1 Å². The van der Waals surface area contributed by atoms with Crippen LogP contribution < -0.4 is 5.32 Å². The first-order chi connectivity index (χ1) is 13.0. The molecule has 3 aromatic rings. The van der Waals surface area contributed by atoms with Crippen LogP contribution in [0.5, 0.6) is 0 Å². The summed E-state index contributed by atoms with van der Waals surface area (Å²) in [6.07, 6.45) is 0.508. The van der Waals surface area contributed by atoms with Crippen LogP contribution in [0, 0.1) is 6.92 Å². The monoisotopic (exact) mass is 401 g/mol. The zero-order valence-electron chi connectivity index (χ0n) is 14.6. The van der Waals surface area contributed by atoms with E-state index in [0.717, 1.165) is 10.6 Å². The van der Waals surface area contributed by atoms with Crippen LogP contribution in [0.4, 0.5) is 5.69 Å². The van der Waals surface area contributed by atoms with Gasteiger partial charge in [-0.3, -0.25) is 4.79 Å². The molecule has 0 spiro atoms. The number of amides is 1. The van der Waals surface area contributed by atoms with Crippen LogP contribution in [0.25, 0.3) is 10.6 Å². The van der Waals surface area contributed by atoms with Gasteiger partial charge in [-0.2, -0.15) is 0 Å². The van der Waals surface area contributed by atoms with Gasteiger partial charge >= 0.3 is 5.97 Å². The predicted octanol–water partition coefficient (Wildman–Crippen LogP) is 4.35. The number of benzene rings is 1. The summed E-state index contributed by atoms with van der Waals surface area (Å²) in [5.74, 6) is -1.09. The maximum atomic E-state index is 12.5. The lowest BCUT2D eigenvalue weighted by Gasteiger charge is -2.13. The Morgan fingerprint density at radius 2 is 1.93 bits per heavy atom. The molecule has 0 aliphatic carbocycles. The van der Waals surface area contributed by atoms with Crippen molar-refractivity contribution in [2.45, 2.75) is 20.0 Å². The van der Waals surface area contributed by atoms with Crippen LogP contribution in [-0.4, -0.2) is 27.9 Å². The number of aromatic nitrogens is 2. The van der Waals surface area contributed by atoms with E-state index >= 15 is 0 Å². The van der Waals surface area contributed by atoms with Crippen LogP contribution in [-0.2, 0) is 9.53 Å². The fraction of sp³-hybridized carbons (Fsp3) is 0.158. The molecule has 0 radical (unpaired) electrons. The third-order valence-electron chi connectivity index (χ3n) is 3.67. The predicted molar refractivity (Wildman–Crippen MR) is 105 cm³/mol. The lowest BCUT2D eigenvalue weighted by molar-refractivity contribution is -0.123. The van der Waals surface area contributed by atoms with Gasteiger partial charge in [-0.15, -0.1) is 11.3 Å². The standard InChI is InChI=1S/C19H16ClN3O3S/c1-11-15(27-18(22-11)13-7-4-3-5-8-13)19(25)26-12(2)17(24)23-14-9-6-10-21-16(14)20/h3-10,12H,1-2H3,(H,23,24)/t12-/m0/s1. The van der Waals surface area contributed by atoms with Gasteiger partial charge in [-0.1, -0.05) is 41.9 Å². The van der Waals surface area contributed by atoms with Gasteiger partial charge in [0.1, 0.15) is 9.88 Å². The summed E-state index contributed by atoms with van der Waals surface area (Å²) in [4.78, 5) is 33.4. The number of nitrogens with one attached hydrogen (secondary N) is 1. The number of aryl methyl sites for hydroxylation is 1. The van der Waals surface area contributed by atoms with Gasteiger partial charge in [0, 0.05) is 11.8 Å². The van der Waals surface area contributed by atoms with Gasteiger partial charge in [0.15, 0.2) is 11.3 Å². The van der Waals surface area contributed by atoms with Crippen molar-refractivity contribution in [3.8, 4) is 10.6 Å². The van der Waals surface area contributed by atoms with Gasteiger partial charge in [0.05, 0.1) is 11.4 Å². The molecule has 6 nitrogen and oxygen atoms in total. The third kappa shape index (κ3) is 4.50. The molecule has 1 amide bonds. The summed E-state index contributed by atoms with van der Waals surface area (Å²) in [7, 11) is 0. The molecule has 1 N–H and O–H groups in total. The minimum atomic E-state index is -1.00. The highest BCUT2D eigenvalue weighted by Gasteiger charge is 2.23. The van der Waals surface area contributed by atoms with Gasteiger partial charge in [0.2, 0.25) is 0 Å². The Bertz CT molecular complexity index is 975. The molecule has 0 aliphatic rings. The fourth-order valence-electron chi connectivity index (χ4n) is 2.27. The molecule has 2 heterocycles. The lowest BCUT2D eigenvalue weighted by Crippen LogP contribution is -2.30. The first kappa shape index (κ1) is 19.0. The maximum absolute atomic E-state index is 12.5. The lowest BCUT2D eigenvalue weighted by atomic mass is 10.2. The first-order valence-corrected chi connectivity index (χ1v) is 9.30. The number of ether oxygens (including phenoxy) is 1. The normalized spacial score (nSPS) is 11.7. The second-order valence-corrected chi connectivity index (χ2v) is 7.04. The molecular formula is C19H16ClN3O3S. The molecule has 1 atom stereocenters. The fourth-order valence-corrected chi connectivity index (χ4v) is 3.39. The van der Waals surface area contributed by atoms with E-state index in [1.165, 1.54) is 24.5 Å². The number of rotatable bonds is 5. The largest absolute Gasteiger partial charge is 0.448 e. The van der Waals surface area contributed by atoms with Crippen molar-refractivity contribution >= 4 is 40.5 Å². The van der Waals surface area contributed by atoms with Crippen molar-refractivity contribution in [3.05, 3.63) is 64.4 Å². The van der Waals surface area contributed by atoms with Crippen LogP contribution in [0.15, 0.2) is 48.7 Å². The summed E-state index contributed by atoms with van der Waals surface area (Å²) in [5, 5.41) is 3.47. The van der Waals surface area contributed by atoms with Crippen molar-refractivity contribution < 1.29 is 14.3 Å². The summed E-state index contributed by atoms with van der Waals surface area (Å²) in [6, 6.07) is 12.8. The second-order valence-electron chi connectivity index (χ2n) is 5.68. The number of anilines is 1. The highest BCUT2D eigenvalue weighted by molar-refractivity contribution is 7.17. The molecule has 0 aliphatic heterocycles. The van der Waals surface area contributed by atoms with Crippen molar-refractivity contribution in [2.24, 2.45) is 0 Å². The highest BCUT2D eigenvalue weighted by Crippen LogP contribution is 2.28. The molecule has 2 aromatic heterocycles. The Morgan fingerprint density at radius 1 is 1.19 bits per heavy atom. The van der Waals surface area contributed by atoms with Crippen LogP contribution in [0.3, 0.4) is 0 Å². The minimum absolute atomic E-state index is 0.162. The number of hydrogen-bond acceptors (Lipinski definition) is 6. The van der Waals surface area contributed by atoms with E-state index in [9.17, 15) is 9.59 Å². The maximum Gasteiger partial charge on any atom is 0.351 e. The second kappa shape index (κ2) is 8.28. The molecule has 27 heavy (non-hydrogen) atoms. The zero-order valence-corrected chi connectivity index (χ0v) is 16.2. The average Bonchev–Trinajstić information content (AvgIpc) is 3.06. The SMILES string of the molecule is Cc1nc(-c2ccccc2)sc1C(=O)O[C@@H](C)C(=O)Nc1cccnc1Cl. The molecule has 0 fully saturated rings. The summed E-state index contributed by atoms with van der Waals surface area (Å²) in [6.45, 7) is 3.23. The van der Waals surface area contributed by atoms with E-state index in [1.807, 2.05) is 30.3 Å². The average molecular weight is 402 g/mol. The van der Waals surface area contributed by atoms with Crippen LogP contribution >= 0.6 is 22.9 Å².